The molecule has 2 rings (SSSR count). The molecule has 6 nitrogen and oxygen atoms in total. The molecule has 24 heavy (non-hydrogen) atoms. The van der Waals surface area contributed by atoms with Crippen molar-refractivity contribution in [2.24, 2.45) is 0 Å². The van der Waals surface area contributed by atoms with Gasteiger partial charge in [0.25, 0.3) is 0 Å². The van der Waals surface area contributed by atoms with Crippen LogP contribution >= 0.6 is 0 Å². The predicted molar refractivity (Wildman–Crippen MR) is 94.1 cm³/mol. The molecule has 0 saturated carbocycles. The first kappa shape index (κ1) is 18.6. The summed E-state index contributed by atoms with van der Waals surface area (Å²) in [6, 6.07) is 15.1. The van der Waals surface area contributed by atoms with Crippen molar-refractivity contribution >= 4 is 35.1 Å². The standard InChI is InChI=1S/C16H18N2O4SSe/c1-13(11-12-24-14-7-3-2-4-8-14)17-23(21,22)16-10-6-5-9-15(16)18(19)20/h2-10,13,17H,11-12H2,1H3/t13-/m1/s1. The van der Waals surface area contributed by atoms with E-state index in [1.54, 1.807) is 6.92 Å². The van der Waals surface area contributed by atoms with Gasteiger partial charge in [0.2, 0.25) is 0 Å². The fourth-order valence-electron chi connectivity index (χ4n) is 2.09. The molecule has 2 aromatic carbocycles. The minimum atomic E-state index is -3.91. The second kappa shape index (κ2) is 8.39. The molecule has 2 aromatic rings. The van der Waals surface area contributed by atoms with Gasteiger partial charge < -0.3 is 0 Å². The van der Waals surface area contributed by atoms with E-state index in [1.165, 1.54) is 28.7 Å². The Morgan fingerprint density at radius 2 is 1.75 bits per heavy atom. The zero-order chi connectivity index (χ0) is 17.6. The normalized spacial score (nSPS) is 12.7. The average Bonchev–Trinajstić information content (AvgIpc) is 2.55. The molecule has 0 amide bonds. The fourth-order valence-corrected chi connectivity index (χ4v) is 5.76. The van der Waals surface area contributed by atoms with Crippen LogP contribution in [0.2, 0.25) is 5.32 Å². The van der Waals surface area contributed by atoms with Gasteiger partial charge in [0, 0.05) is 0 Å². The zero-order valence-corrected chi connectivity index (χ0v) is 15.6. The number of nitrogens with one attached hydrogen (secondary N) is 1. The molecule has 1 atom stereocenters. The van der Waals surface area contributed by atoms with Gasteiger partial charge in [-0.05, 0) is 0 Å². The minimum absolute atomic E-state index is 0.277. The fraction of sp³-hybridized carbons (Fsp3) is 0.250. The van der Waals surface area contributed by atoms with Crippen molar-refractivity contribution in [3.05, 3.63) is 64.7 Å². The number of para-hydroxylation sites is 1. The van der Waals surface area contributed by atoms with Crippen LogP contribution in [0.15, 0.2) is 59.5 Å². The molecule has 0 aromatic heterocycles. The summed E-state index contributed by atoms with van der Waals surface area (Å²) in [5.74, 6) is 0. The van der Waals surface area contributed by atoms with Gasteiger partial charge in [0.1, 0.15) is 0 Å². The second-order valence-corrected chi connectivity index (χ2v) is 9.33. The number of sulfonamides is 1. The van der Waals surface area contributed by atoms with Crippen LogP contribution in [0.3, 0.4) is 0 Å². The molecule has 0 unspecified atom stereocenters. The van der Waals surface area contributed by atoms with Crippen LogP contribution in [-0.2, 0) is 10.0 Å². The summed E-state index contributed by atoms with van der Waals surface area (Å²) in [6.07, 6.45) is 0.675. The summed E-state index contributed by atoms with van der Waals surface area (Å²) < 4.78 is 28.6. The molecule has 0 bridgehead atoms. The summed E-state index contributed by atoms with van der Waals surface area (Å²) in [5.41, 5.74) is -0.411. The number of nitro benzene ring substituents is 1. The van der Waals surface area contributed by atoms with Crippen LogP contribution < -0.4 is 9.18 Å². The molecule has 0 spiro atoms. The molecule has 0 saturated heterocycles. The van der Waals surface area contributed by atoms with Crippen LogP contribution in [0, 0.1) is 10.1 Å². The topological polar surface area (TPSA) is 89.3 Å². The summed E-state index contributed by atoms with van der Waals surface area (Å²) in [5, 5.41) is 11.9. The van der Waals surface area contributed by atoms with E-state index in [9.17, 15) is 18.5 Å². The summed E-state index contributed by atoms with van der Waals surface area (Å²) in [7, 11) is -3.91. The van der Waals surface area contributed by atoms with Gasteiger partial charge in [-0.2, -0.15) is 0 Å². The predicted octanol–water partition coefficient (Wildman–Crippen LogP) is 2.10. The summed E-state index contributed by atoms with van der Waals surface area (Å²) in [6.45, 7) is 1.77. The van der Waals surface area contributed by atoms with Gasteiger partial charge in [-0.1, -0.05) is 0 Å². The number of nitrogens with zero attached hydrogens (tertiary/aromatic N) is 1. The van der Waals surface area contributed by atoms with E-state index in [0.29, 0.717) is 6.42 Å². The summed E-state index contributed by atoms with van der Waals surface area (Å²) in [4.78, 5) is 10.0. The quantitative estimate of drug-likeness (QED) is 0.408. The molecule has 0 aliphatic heterocycles. The van der Waals surface area contributed by atoms with Gasteiger partial charge >= 0.3 is 148 Å². The third kappa shape index (κ3) is 5.14. The van der Waals surface area contributed by atoms with Gasteiger partial charge in [0.15, 0.2) is 0 Å². The molecule has 0 radical (unpaired) electrons. The summed E-state index contributed by atoms with van der Waals surface area (Å²) >= 11 is 0.277. The van der Waals surface area contributed by atoms with E-state index in [4.69, 9.17) is 0 Å². The Bertz CT molecular complexity index is 797. The Balaban J connectivity index is 1.97. The van der Waals surface area contributed by atoms with E-state index in [1.807, 2.05) is 18.2 Å². The average molecular weight is 413 g/mol. The van der Waals surface area contributed by atoms with E-state index in [0.717, 1.165) is 5.32 Å². The Morgan fingerprint density at radius 1 is 1.12 bits per heavy atom. The first-order valence-corrected chi connectivity index (χ1v) is 10.9. The molecule has 0 aliphatic carbocycles. The third-order valence-corrected chi connectivity index (χ3v) is 7.10. The van der Waals surface area contributed by atoms with E-state index in [-0.39, 0.29) is 25.9 Å². The van der Waals surface area contributed by atoms with Crippen molar-refractivity contribution in [1.29, 1.82) is 0 Å². The Hall–Kier alpha value is -1.73. The Labute approximate surface area is 147 Å². The first-order chi connectivity index (χ1) is 11.4. The molecule has 0 fully saturated rings. The second-order valence-electron chi connectivity index (χ2n) is 5.20. The van der Waals surface area contributed by atoms with Crippen molar-refractivity contribution in [1.82, 2.24) is 4.72 Å². The number of rotatable bonds is 8. The van der Waals surface area contributed by atoms with Crippen LogP contribution in [0.4, 0.5) is 5.69 Å². The maximum atomic E-state index is 12.4. The Kier molecular flexibility index (Phi) is 6.51. The molecule has 1 N–H and O–H groups in total. The monoisotopic (exact) mass is 414 g/mol. The molecular weight excluding hydrogens is 395 g/mol. The van der Waals surface area contributed by atoms with E-state index in [2.05, 4.69) is 16.9 Å². The van der Waals surface area contributed by atoms with Gasteiger partial charge in [-0.15, -0.1) is 0 Å². The van der Waals surface area contributed by atoms with Gasteiger partial charge in [-0.3, -0.25) is 0 Å². The van der Waals surface area contributed by atoms with Crippen molar-refractivity contribution in [3.8, 4) is 0 Å². The molecule has 0 heterocycles. The van der Waals surface area contributed by atoms with E-state index < -0.39 is 20.6 Å². The molecular formula is C16H18N2O4SSe. The molecule has 0 aliphatic rings. The van der Waals surface area contributed by atoms with Crippen LogP contribution in [0.1, 0.15) is 13.3 Å². The molecule has 8 heteroatoms. The van der Waals surface area contributed by atoms with Crippen LogP contribution in [-0.4, -0.2) is 34.3 Å². The van der Waals surface area contributed by atoms with Gasteiger partial charge in [-0.25, -0.2) is 0 Å². The third-order valence-electron chi connectivity index (χ3n) is 3.27. The molecule has 128 valence electrons. The van der Waals surface area contributed by atoms with E-state index >= 15 is 0 Å². The van der Waals surface area contributed by atoms with Crippen molar-refractivity contribution in [2.45, 2.75) is 29.6 Å². The first-order valence-electron chi connectivity index (χ1n) is 7.34. The van der Waals surface area contributed by atoms with Crippen LogP contribution in [0.25, 0.3) is 0 Å². The van der Waals surface area contributed by atoms with Crippen molar-refractivity contribution in [3.63, 3.8) is 0 Å². The van der Waals surface area contributed by atoms with Crippen molar-refractivity contribution in [2.75, 3.05) is 0 Å². The van der Waals surface area contributed by atoms with Crippen molar-refractivity contribution < 1.29 is 13.3 Å². The van der Waals surface area contributed by atoms with Gasteiger partial charge in [0.05, 0.1) is 0 Å². The zero-order valence-electron chi connectivity index (χ0n) is 13.1. The number of benzene rings is 2. The maximum absolute atomic E-state index is 12.4. The number of hydrogen-bond acceptors (Lipinski definition) is 4. The SMILES string of the molecule is C[C@H](CC[Se]c1ccccc1)NS(=O)(=O)c1ccccc1[N+](=O)[O-]. The van der Waals surface area contributed by atoms with Crippen LogP contribution in [0.5, 0.6) is 0 Å². The Morgan fingerprint density at radius 3 is 2.42 bits per heavy atom. The number of nitro groups is 1. The number of hydrogen-bond donors (Lipinski definition) is 1.